The van der Waals surface area contributed by atoms with Gasteiger partial charge in [-0.3, -0.25) is 0 Å². The summed E-state index contributed by atoms with van der Waals surface area (Å²) in [6.07, 6.45) is 4.04. The zero-order valence-electron chi connectivity index (χ0n) is 10.1. The Morgan fingerprint density at radius 3 is 3.24 bits per heavy atom. The van der Waals surface area contributed by atoms with Crippen molar-refractivity contribution in [2.24, 2.45) is 5.92 Å². The molecule has 2 heterocycles. The molecule has 0 spiro atoms. The average Bonchev–Trinajstić information content (AvgIpc) is 2.37. The molecular weight excluding hydrogens is 214 g/mol. The lowest BCUT2D eigenvalue weighted by atomic mass is 10.0. The largest absolute Gasteiger partial charge is 0.381 e. The van der Waals surface area contributed by atoms with Crippen molar-refractivity contribution < 1.29 is 4.74 Å². The highest BCUT2D eigenvalue weighted by Crippen LogP contribution is 2.18. The average molecular weight is 231 g/mol. The number of nitriles is 1. The van der Waals surface area contributed by atoms with Gasteiger partial charge in [0.1, 0.15) is 11.9 Å². The summed E-state index contributed by atoms with van der Waals surface area (Å²) in [5.41, 5.74) is 1.61. The van der Waals surface area contributed by atoms with Crippen LogP contribution in [0.5, 0.6) is 0 Å². The van der Waals surface area contributed by atoms with Crippen LogP contribution in [0.2, 0.25) is 0 Å². The molecule has 1 aliphatic rings. The first-order chi connectivity index (χ1) is 8.31. The monoisotopic (exact) mass is 231 g/mol. The Hall–Kier alpha value is -1.60. The lowest BCUT2D eigenvalue weighted by Gasteiger charge is -2.22. The number of anilines is 1. The zero-order chi connectivity index (χ0) is 12.1. The molecule has 0 bridgehead atoms. The molecule has 0 saturated carbocycles. The third-order valence-corrected chi connectivity index (χ3v) is 3.08. The number of aromatic nitrogens is 1. The van der Waals surface area contributed by atoms with Crippen molar-refractivity contribution in [2.45, 2.75) is 19.8 Å². The Morgan fingerprint density at radius 1 is 1.65 bits per heavy atom. The van der Waals surface area contributed by atoms with E-state index in [0.717, 1.165) is 31.7 Å². The Bertz CT molecular complexity index is 419. The zero-order valence-corrected chi connectivity index (χ0v) is 10.1. The van der Waals surface area contributed by atoms with Gasteiger partial charge >= 0.3 is 0 Å². The number of aryl methyl sites for hydroxylation is 1. The quantitative estimate of drug-likeness (QED) is 0.865. The predicted octanol–water partition coefficient (Wildman–Crippen LogP) is 2.10. The van der Waals surface area contributed by atoms with Crippen molar-refractivity contribution in [1.29, 1.82) is 5.26 Å². The van der Waals surface area contributed by atoms with E-state index in [1.54, 1.807) is 6.20 Å². The maximum absolute atomic E-state index is 9.08. The van der Waals surface area contributed by atoms with Crippen molar-refractivity contribution >= 4 is 5.82 Å². The first-order valence-electron chi connectivity index (χ1n) is 5.98. The molecule has 1 aromatic rings. The van der Waals surface area contributed by atoms with Crippen LogP contribution in [0.4, 0.5) is 5.82 Å². The van der Waals surface area contributed by atoms with Crippen molar-refractivity contribution in [2.75, 3.05) is 25.1 Å². The topological polar surface area (TPSA) is 57.9 Å². The summed E-state index contributed by atoms with van der Waals surface area (Å²) in [7, 11) is 0. The summed E-state index contributed by atoms with van der Waals surface area (Å²) < 4.78 is 5.43. The molecule has 0 radical (unpaired) electrons. The number of nitrogens with zero attached hydrogens (tertiary/aromatic N) is 2. The highest BCUT2D eigenvalue weighted by molar-refractivity contribution is 5.55. The van der Waals surface area contributed by atoms with E-state index in [1.807, 2.05) is 13.0 Å². The van der Waals surface area contributed by atoms with Crippen molar-refractivity contribution in [3.05, 3.63) is 23.4 Å². The van der Waals surface area contributed by atoms with E-state index in [9.17, 15) is 0 Å². The van der Waals surface area contributed by atoms with Crippen molar-refractivity contribution in [3.63, 3.8) is 0 Å². The second kappa shape index (κ2) is 5.65. The summed E-state index contributed by atoms with van der Waals surface area (Å²) in [6, 6.07) is 4.05. The predicted molar refractivity (Wildman–Crippen MR) is 65.7 cm³/mol. The molecule has 1 N–H and O–H groups in total. The minimum Gasteiger partial charge on any atom is -0.381 e. The van der Waals surface area contributed by atoms with E-state index in [4.69, 9.17) is 10.00 Å². The molecule has 4 nitrogen and oxygen atoms in total. The van der Waals surface area contributed by atoms with Crippen molar-refractivity contribution in [3.8, 4) is 6.07 Å². The summed E-state index contributed by atoms with van der Waals surface area (Å²) in [6.45, 7) is 4.43. The Balaban J connectivity index is 1.99. The van der Waals surface area contributed by atoms with Crippen LogP contribution in [0.15, 0.2) is 12.3 Å². The normalized spacial score (nSPS) is 19.6. The van der Waals surface area contributed by atoms with Crippen molar-refractivity contribution in [1.82, 2.24) is 4.98 Å². The van der Waals surface area contributed by atoms with Gasteiger partial charge < -0.3 is 10.1 Å². The summed E-state index contributed by atoms with van der Waals surface area (Å²) in [5, 5.41) is 12.3. The van der Waals surface area contributed by atoms with Crippen LogP contribution >= 0.6 is 0 Å². The fourth-order valence-electron chi connectivity index (χ4n) is 2.04. The molecule has 1 aliphatic heterocycles. The molecule has 1 unspecified atom stereocenters. The number of nitrogens with one attached hydrogen (secondary N) is 1. The Morgan fingerprint density at radius 2 is 2.53 bits per heavy atom. The van der Waals surface area contributed by atoms with Crippen LogP contribution in [0.25, 0.3) is 0 Å². The van der Waals surface area contributed by atoms with Gasteiger partial charge in [0.15, 0.2) is 0 Å². The first kappa shape index (κ1) is 11.9. The number of hydrogen-bond donors (Lipinski definition) is 1. The van der Waals surface area contributed by atoms with E-state index in [1.165, 1.54) is 6.42 Å². The molecule has 17 heavy (non-hydrogen) atoms. The molecule has 0 amide bonds. The smallest absolute Gasteiger partial charge is 0.144 e. The molecule has 1 saturated heterocycles. The molecule has 0 aromatic carbocycles. The van der Waals surface area contributed by atoms with Gasteiger partial charge in [0.25, 0.3) is 0 Å². The third kappa shape index (κ3) is 2.95. The standard InChI is InChI=1S/C13H17N3O/c1-10-4-5-15-13(12(10)7-14)16-8-11-3-2-6-17-9-11/h4-5,11H,2-3,6,8-9H2,1H3,(H,15,16). The molecule has 1 atom stereocenters. The summed E-state index contributed by atoms with van der Waals surface area (Å²) >= 11 is 0. The number of rotatable bonds is 3. The first-order valence-corrected chi connectivity index (χ1v) is 5.98. The maximum Gasteiger partial charge on any atom is 0.144 e. The molecule has 2 rings (SSSR count). The van der Waals surface area contributed by atoms with Gasteiger partial charge in [-0.25, -0.2) is 4.98 Å². The molecular formula is C13H17N3O. The minimum atomic E-state index is 0.526. The van der Waals surface area contributed by atoms with E-state index < -0.39 is 0 Å². The van der Waals surface area contributed by atoms with Gasteiger partial charge in [-0.2, -0.15) is 5.26 Å². The molecule has 90 valence electrons. The SMILES string of the molecule is Cc1ccnc(NCC2CCCOC2)c1C#N. The van der Waals surface area contributed by atoms with Gasteiger partial charge in [-0.15, -0.1) is 0 Å². The lowest BCUT2D eigenvalue weighted by molar-refractivity contribution is 0.0595. The highest BCUT2D eigenvalue weighted by Gasteiger charge is 2.14. The van der Waals surface area contributed by atoms with Crippen LogP contribution in [-0.4, -0.2) is 24.7 Å². The van der Waals surface area contributed by atoms with Crippen LogP contribution in [0, 0.1) is 24.2 Å². The summed E-state index contributed by atoms with van der Waals surface area (Å²) in [5.74, 6) is 1.22. The van der Waals surface area contributed by atoms with Gasteiger partial charge in [0, 0.05) is 19.3 Å². The fourth-order valence-corrected chi connectivity index (χ4v) is 2.04. The van der Waals surface area contributed by atoms with E-state index >= 15 is 0 Å². The van der Waals surface area contributed by atoms with Crippen LogP contribution < -0.4 is 5.32 Å². The van der Waals surface area contributed by atoms with Crippen LogP contribution in [0.3, 0.4) is 0 Å². The lowest BCUT2D eigenvalue weighted by Crippen LogP contribution is -2.24. The van der Waals surface area contributed by atoms with E-state index in [0.29, 0.717) is 17.3 Å². The highest BCUT2D eigenvalue weighted by atomic mass is 16.5. The van der Waals surface area contributed by atoms with Gasteiger partial charge in [-0.1, -0.05) is 0 Å². The minimum absolute atomic E-state index is 0.526. The van der Waals surface area contributed by atoms with Gasteiger partial charge in [0.2, 0.25) is 0 Å². The fraction of sp³-hybridized carbons (Fsp3) is 0.538. The van der Waals surface area contributed by atoms with Gasteiger partial charge in [0.05, 0.1) is 12.2 Å². The molecule has 1 aromatic heterocycles. The maximum atomic E-state index is 9.08. The van der Waals surface area contributed by atoms with Crippen LogP contribution in [0.1, 0.15) is 24.0 Å². The van der Waals surface area contributed by atoms with E-state index in [2.05, 4.69) is 16.4 Å². The number of ether oxygens (including phenoxy) is 1. The third-order valence-electron chi connectivity index (χ3n) is 3.08. The molecule has 1 fully saturated rings. The Kier molecular flexibility index (Phi) is 3.94. The second-order valence-electron chi connectivity index (χ2n) is 4.43. The molecule has 0 aliphatic carbocycles. The molecule has 4 heteroatoms. The number of pyridine rings is 1. The van der Waals surface area contributed by atoms with Gasteiger partial charge in [-0.05, 0) is 37.3 Å². The van der Waals surface area contributed by atoms with Crippen LogP contribution in [-0.2, 0) is 4.74 Å². The number of hydrogen-bond acceptors (Lipinski definition) is 4. The Labute approximate surface area is 102 Å². The van der Waals surface area contributed by atoms with E-state index in [-0.39, 0.29) is 0 Å². The summed E-state index contributed by atoms with van der Waals surface area (Å²) in [4.78, 5) is 4.22. The second-order valence-corrected chi connectivity index (χ2v) is 4.43.